The second-order valence-electron chi connectivity index (χ2n) is 7.64. The summed E-state index contributed by atoms with van der Waals surface area (Å²) in [5, 5.41) is 4.02. The molecule has 0 spiro atoms. The van der Waals surface area contributed by atoms with E-state index in [-0.39, 0.29) is 0 Å². The number of pyridine rings is 1. The van der Waals surface area contributed by atoms with E-state index in [9.17, 15) is 0 Å². The number of aromatic nitrogens is 1. The summed E-state index contributed by atoms with van der Waals surface area (Å²) in [6.07, 6.45) is 0. The Balaban J connectivity index is 2.08. The highest BCUT2D eigenvalue weighted by atomic mass is 15.1. The Kier molecular flexibility index (Phi) is 3.00. The smallest absolute Gasteiger partial charge is 0.224 e. The Bertz CT molecular complexity index is 1230. The summed E-state index contributed by atoms with van der Waals surface area (Å²) in [5.74, 6) is 0. The van der Waals surface area contributed by atoms with Gasteiger partial charge in [0.2, 0.25) is 11.2 Å². The highest BCUT2D eigenvalue weighted by Crippen LogP contribution is 2.47. The van der Waals surface area contributed by atoms with Gasteiger partial charge in [0, 0.05) is 18.5 Å². The van der Waals surface area contributed by atoms with Gasteiger partial charge in [0.25, 0.3) is 0 Å². The molecule has 2 heteroatoms. The molecule has 1 aliphatic heterocycles. The molecule has 2 heterocycles. The highest BCUT2D eigenvalue weighted by Gasteiger charge is 2.31. The van der Waals surface area contributed by atoms with Gasteiger partial charge in [0.05, 0.1) is 27.7 Å². The Morgan fingerprint density at radius 3 is 2.38 bits per heavy atom. The number of benzene rings is 3. The first-order valence-electron chi connectivity index (χ1n) is 9.18. The highest BCUT2D eigenvalue weighted by molar-refractivity contribution is 6.17. The number of aryl methyl sites for hydroxylation is 4. The zero-order valence-corrected chi connectivity index (χ0v) is 16.0. The number of rotatable bonds is 0. The van der Waals surface area contributed by atoms with Crippen LogP contribution in [0.5, 0.6) is 0 Å². The standard InChI is InChI=1S/C24H23N2/c1-14-9-10-18-21(11-14)25(4)20-8-6-7-17-19-12-15(2)16(3)13-22(19)26(5)24(18)23(17)20/h6-13H,1-5H3/q+1. The largest absolute Gasteiger partial charge is 0.343 e. The van der Waals surface area contributed by atoms with Crippen LogP contribution in [0.2, 0.25) is 0 Å². The van der Waals surface area contributed by atoms with Crippen molar-refractivity contribution in [2.75, 3.05) is 11.9 Å². The van der Waals surface area contributed by atoms with E-state index in [1.54, 1.807) is 0 Å². The van der Waals surface area contributed by atoms with Crippen LogP contribution in [0.15, 0.2) is 48.5 Å². The van der Waals surface area contributed by atoms with E-state index in [1.807, 2.05) is 0 Å². The predicted octanol–water partition coefficient (Wildman–Crippen LogP) is 5.49. The maximum absolute atomic E-state index is 2.38. The van der Waals surface area contributed by atoms with E-state index in [1.165, 1.54) is 61.0 Å². The molecule has 0 atom stereocenters. The third kappa shape index (κ3) is 1.84. The number of fused-ring (bicyclic) bond motifs is 4. The molecule has 0 saturated carbocycles. The fourth-order valence-corrected chi connectivity index (χ4v) is 4.44. The molecule has 0 saturated heterocycles. The fourth-order valence-electron chi connectivity index (χ4n) is 4.44. The van der Waals surface area contributed by atoms with Crippen molar-refractivity contribution in [1.29, 1.82) is 0 Å². The second kappa shape index (κ2) is 5.07. The lowest BCUT2D eigenvalue weighted by molar-refractivity contribution is -0.632. The van der Waals surface area contributed by atoms with Crippen LogP contribution in [-0.2, 0) is 7.05 Å². The molecule has 1 aliphatic rings. The average molecular weight is 339 g/mol. The van der Waals surface area contributed by atoms with Gasteiger partial charge in [-0.25, -0.2) is 0 Å². The van der Waals surface area contributed by atoms with Crippen LogP contribution in [0.1, 0.15) is 16.7 Å². The molecule has 0 radical (unpaired) electrons. The molecule has 0 fully saturated rings. The second-order valence-corrected chi connectivity index (χ2v) is 7.64. The summed E-state index contributed by atoms with van der Waals surface area (Å²) in [6.45, 7) is 6.57. The third-order valence-electron chi connectivity index (χ3n) is 6.01. The minimum absolute atomic E-state index is 1.28. The Morgan fingerprint density at radius 1 is 0.808 bits per heavy atom. The molecule has 0 bridgehead atoms. The minimum atomic E-state index is 1.28. The number of nitrogens with zero attached hydrogens (tertiary/aromatic N) is 2. The van der Waals surface area contributed by atoms with Crippen LogP contribution in [0.25, 0.3) is 32.9 Å². The van der Waals surface area contributed by atoms with Crippen molar-refractivity contribution in [3.8, 4) is 11.3 Å². The molecular weight excluding hydrogens is 316 g/mol. The van der Waals surface area contributed by atoms with Crippen molar-refractivity contribution in [2.45, 2.75) is 20.8 Å². The summed E-state index contributed by atoms with van der Waals surface area (Å²) in [4.78, 5) is 2.34. The van der Waals surface area contributed by atoms with Gasteiger partial charge in [-0.2, -0.15) is 4.57 Å². The minimum Gasteiger partial charge on any atom is -0.343 e. The zero-order valence-electron chi connectivity index (χ0n) is 16.0. The molecule has 0 aliphatic carbocycles. The molecule has 0 unspecified atom stereocenters. The van der Waals surface area contributed by atoms with Gasteiger partial charge in [-0.05, 0) is 61.7 Å². The van der Waals surface area contributed by atoms with Crippen molar-refractivity contribution in [3.05, 3.63) is 65.2 Å². The maximum Gasteiger partial charge on any atom is 0.224 e. The van der Waals surface area contributed by atoms with Crippen LogP contribution in [0, 0.1) is 20.8 Å². The van der Waals surface area contributed by atoms with E-state index in [2.05, 4.69) is 92.9 Å². The van der Waals surface area contributed by atoms with Crippen LogP contribution in [0.3, 0.4) is 0 Å². The van der Waals surface area contributed by atoms with E-state index in [0.717, 1.165) is 0 Å². The van der Waals surface area contributed by atoms with Gasteiger partial charge in [0.1, 0.15) is 7.05 Å². The molecular formula is C24H23N2+. The van der Waals surface area contributed by atoms with E-state index in [0.29, 0.717) is 0 Å². The van der Waals surface area contributed by atoms with Gasteiger partial charge < -0.3 is 4.90 Å². The van der Waals surface area contributed by atoms with Gasteiger partial charge in [0.15, 0.2) is 0 Å². The first-order chi connectivity index (χ1) is 12.5. The first-order valence-corrected chi connectivity index (χ1v) is 9.18. The molecule has 3 aromatic carbocycles. The topological polar surface area (TPSA) is 7.12 Å². The molecule has 0 amide bonds. The molecule has 4 aromatic rings. The van der Waals surface area contributed by atoms with Crippen LogP contribution < -0.4 is 9.47 Å². The maximum atomic E-state index is 2.38. The quantitative estimate of drug-likeness (QED) is 0.303. The van der Waals surface area contributed by atoms with E-state index in [4.69, 9.17) is 0 Å². The van der Waals surface area contributed by atoms with Crippen LogP contribution in [0.4, 0.5) is 11.4 Å². The van der Waals surface area contributed by atoms with Gasteiger partial charge >= 0.3 is 0 Å². The summed E-state index contributed by atoms with van der Waals surface area (Å²) in [7, 11) is 4.39. The molecule has 1 aromatic heterocycles. The van der Waals surface area contributed by atoms with Crippen LogP contribution in [-0.4, -0.2) is 7.05 Å². The Hall–Kier alpha value is -2.87. The van der Waals surface area contributed by atoms with Crippen molar-refractivity contribution < 1.29 is 4.57 Å². The molecule has 26 heavy (non-hydrogen) atoms. The van der Waals surface area contributed by atoms with E-state index >= 15 is 0 Å². The fraction of sp³-hybridized carbons (Fsp3) is 0.208. The first kappa shape index (κ1) is 15.4. The van der Waals surface area contributed by atoms with E-state index < -0.39 is 0 Å². The molecule has 5 rings (SSSR count). The van der Waals surface area contributed by atoms with Gasteiger partial charge in [-0.3, -0.25) is 0 Å². The van der Waals surface area contributed by atoms with Crippen molar-refractivity contribution in [3.63, 3.8) is 0 Å². The van der Waals surface area contributed by atoms with Gasteiger partial charge in [-0.1, -0.05) is 18.2 Å². The molecule has 0 N–H and O–H groups in total. The Labute approximate surface area is 154 Å². The van der Waals surface area contributed by atoms with Crippen molar-refractivity contribution in [2.24, 2.45) is 7.05 Å². The van der Waals surface area contributed by atoms with Gasteiger partial charge in [-0.15, -0.1) is 0 Å². The summed E-state index contributed by atoms with van der Waals surface area (Å²) >= 11 is 0. The molecule has 2 nitrogen and oxygen atoms in total. The number of anilines is 2. The molecule has 128 valence electrons. The lowest BCUT2D eigenvalue weighted by Gasteiger charge is -2.29. The van der Waals surface area contributed by atoms with Crippen molar-refractivity contribution >= 4 is 33.1 Å². The lowest BCUT2D eigenvalue weighted by atomic mass is 9.91. The third-order valence-corrected chi connectivity index (χ3v) is 6.01. The summed E-state index contributed by atoms with van der Waals surface area (Å²) in [6, 6.07) is 18.2. The normalized spacial score (nSPS) is 12.7. The average Bonchev–Trinajstić information content (AvgIpc) is 2.63. The summed E-state index contributed by atoms with van der Waals surface area (Å²) in [5.41, 5.74) is 10.5. The monoisotopic (exact) mass is 339 g/mol. The lowest BCUT2D eigenvalue weighted by Crippen LogP contribution is -2.34. The predicted molar refractivity (Wildman–Crippen MR) is 110 cm³/mol. The number of hydrogen-bond donors (Lipinski definition) is 0. The number of hydrogen-bond acceptors (Lipinski definition) is 1. The Morgan fingerprint density at radius 2 is 1.58 bits per heavy atom. The van der Waals surface area contributed by atoms with Crippen LogP contribution >= 0.6 is 0 Å². The van der Waals surface area contributed by atoms with Crippen molar-refractivity contribution in [1.82, 2.24) is 0 Å². The summed E-state index contributed by atoms with van der Waals surface area (Å²) < 4.78 is 2.38. The SMILES string of the molecule is Cc1ccc2c(c1)N(C)c1cccc3c1c-2[n+](C)c1cc(C)c(C)cc31. The zero-order chi connectivity index (χ0) is 18.2.